The van der Waals surface area contributed by atoms with Gasteiger partial charge in [0.1, 0.15) is 17.1 Å². The number of pyridine rings is 1. The monoisotopic (exact) mass is 517 g/mol. The van der Waals surface area contributed by atoms with E-state index in [-0.39, 0.29) is 18.9 Å². The summed E-state index contributed by atoms with van der Waals surface area (Å²) in [5.41, 5.74) is 1.68. The van der Waals surface area contributed by atoms with Crippen molar-refractivity contribution in [2.45, 2.75) is 25.1 Å². The molecule has 0 saturated carbocycles. The second-order valence-corrected chi connectivity index (χ2v) is 8.57. The third-order valence-corrected chi connectivity index (χ3v) is 5.99. The molecule has 10 heteroatoms. The highest BCUT2D eigenvalue weighted by atomic mass is 35.5. The van der Waals surface area contributed by atoms with Crippen LogP contribution in [-0.2, 0) is 17.5 Å². The second kappa shape index (κ2) is 10.5. The van der Waals surface area contributed by atoms with Crippen molar-refractivity contribution in [3.8, 4) is 11.5 Å². The Balaban J connectivity index is 1.64. The van der Waals surface area contributed by atoms with E-state index in [1.807, 2.05) is 0 Å². The molecular formula is C26H23ClF3N3O3. The molecule has 0 aliphatic rings. The van der Waals surface area contributed by atoms with E-state index in [9.17, 15) is 18.0 Å². The van der Waals surface area contributed by atoms with Crippen LogP contribution in [0.4, 0.5) is 13.2 Å². The zero-order valence-corrected chi connectivity index (χ0v) is 20.2. The minimum atomic E-state index is -4.46. The molecule has 2 aromatic heterocycles. The molecule has 0 aliphatic carbocycles. The number of carbonyl (C=O) groups is 1. The number of hydrogen-bond acceptors (Lipinski definition) is 4. The SMILES string of the molecule is COc1cc(OC)cc(C(CC(=O)NCc2cccc(C(F)(F)F)c2)c2cnc3ccc(Cl)cn23)c1. The number of ether oxygens (including phenoxy) is 2. The van der Waals surface area contributed by atoms with Gasteiger partial charge in [0.25, 0.3) is 0 Å². The van der Waals surface area contributed by atoms with Gasteiger partial charge in [-0.1, -0.05) is 23.7 Å². The van der Waals surface area contributed by atoms with E-state index in [0.717, 1.165) is 17.7 Å². The summed E-state index contributed by atoms with van der Waals surface area (Å²) in [4.78, 5) is 17.5. The smallest absolute Gasteiger partial charge is 0.416 e. The first-order valence-electron chi connectivity index (χ1n) is 11.0. The van der Waals surface area contributed by atoms with Crippen LogP contribution >= 0.6 is 11.6 Å². The molecule has 4 rings (SSSR count). The predicted molar refractivity (Wildman–Crippen MR) is 129 cm³/mol. The number of rotatable bonds is 8. The number of amides is 1. The van der Waals surface area contributed by atoms with Crippen molar-refractivity contribution in [1.29, 1.82) is 0 Å². The molecule has 2 heterocycles. The van der Waals surface area contributed by atoms with Gasteiger partial charge < -0.3 is 19.2 Å². The maximum absolute atomic E-state index is 13.0. The zero-order valence-electron chi connectivity index (χ0n) is 19.5. The summed E-state index contributed by atoms with van der Waals surface area (Å²) < 4.78 is 51.7. The number of halogens is 4. The highest BCUT2D eigenvalue weighted by Gasteiger charge is 2.30. The first-order valence-corrected chi connectivity index (χ1v) is 11.3. The molecule has 1 atom stereocenters. The average Bonchev–Trinajstić information content (AvgIpc) is 3.28. The summed E-state index contributed by atoms with van der Waals surface area (Å²) in [5, 5.41) is 3.23. The van der Waals surface area contributed by atoms with Crippen molar-refractivity contribution in [1.82, 2.24) is 14.7 Å². The van der Waals surface area contributed by atoms with Crippen LogP contribution in [0.25, 0.3) is 5.65 Å². The van der Waals surface area contributed by atoms with Crippen molar-refractivity contribution < 1.29 is 27.4 Å². The lowest BCUT2D eigenvalue weighted by molar-refractivity contribution is -0.137. The summed E-state index contributed by atoms with van der Waals surface area (Å²) in [6.45, 7) is -0.0457. The lowest BCUT2D eigenvalue weighted by Crippen LogP contribution is -2.25. The van der Waals surface area contributed by atoms with Gasteiger partial charge in [0.15, 0.2) is 0 Å². The Bertz CT molecular complexity index is 1370. The topological polar surface area (TPSA) is 64.9 Å². The van der Waals surface area contributed by atoms with Crippen molar-refractivity contribution in [2.75, 3.05) is 14.2 Å². The Morgan fingerprint density at radius 3 is 2.47 bits per heavy atom. The molecular weight excluding hydrogens is 495 g/mol. The number of hydrogen-bond donors (Lipinski definition) is 1. The van der Waals surface area contributed by atoms with E-state index >= 15 is 0 Å². The van der Waals surface area contributed by atoms with Crippen LogP contribution < -0.4 is 14.8 Å². The Hall–Kier alpha value is -3.72. The molecule has 1 unspecified atom stereocenters. The molecule has 0 saturated heterocycles. The number of aromatic nitrogens is 2. The maximum Gasteiger partial charge on any atom is 0.416 e. The normalized spacial score (nSPS) is 12.4. The number of carbonyl (C=O) groups excluding carboxylic acids is 1. The highest BCUT2D eigenvalue weighted by molar-refractivity contribution is 6.30. The van der Waals surface area contributed by atoms with Crippen molar-refractivity contribution in [3.63, 3.8) is 0 Å². The van der Waals surface area contributed by atoms with E-state index in [1.54, 1.807) is 47.1 Å². The Morgan fingerprint density at radius 1 is 1.08 bits per heavy atom. The van der Waals surface area contributed by atoms with Crippen LogP contribution in [0.2, 0.25) is 5.02 Å². The lowest BCUT2D eigenvalue weighted by Gasteiger charge is -2.19. The summed E-state index contributed by atoms with van der Waals surface area (Å²) in [6.07, 6.45) is -1.08. The number of nitrogens with zero attached hydrogens (tertiary/aromatic N) is 2. The van der Waals surface area contributed by atoms with E-state index in [1.165, 1.54) is 26.4 Å². The van der Waals surface area contributed by atoms with E-state index in [0.29, 0.717) is 33.4 Å². The van der Waals surface area contributed by atoms with Crippen LogP contribution in [0.5, 0.6) is 11.5 Å². The van der Waals surface area contributed by atoms with Crippen LogP contribution in [0.3, 0.4) is 0 Å². The molecule has 0 fully saturated rings. The molecule has 0 bridgehead atoms. The molecule has 0 radical (unpaired) electrons. The van der Waals surface area contributed by atoms with Crippen LogP contribution in [-0.4, -0.2) is 29.5 Å². The molecule has 1 amide bonds. The fourth-order valence-electron chi connectivity index (χ4n) is 3.97. The van der Waals surface area contributed by atoms with Gasteiger partial charge in [0, 0.05) is 37.3 Å². The molecule has 2 aromatic carbocycles. The number of benzene rings is 2. The third kappa shape index (κ3) is 5.73. The minimum Gasteiger partial charge on any atom is -0.497 e. The summed E-state index contributed by atoms with van der Waals surface area (Å²) in [7, 11) is 3.06. The van der Waals surface area contributed by atoms with E-state index in [2.05, 4.69) is 10.3 Å². The molecule has 188 valence electrons. The standard InChI is InChI=1S/C26H23ClF3N3O3/c1-35-20-9-17(10-21(11-20)36-2)22(23-14-31-24-7-6-19(27)15-33(23)24)12-25(34)32-13-16-4-3-5-18(8-16)26(28,29)30/h3-11,14-15,22H,12-13H2,1-2H3,(H,32,34). The van der Waals surface area contributed by atoms with Crippen molar-refractivity contribution >= 4 is 23.2 Å². The van der Waals surface area contributed by atoms with Gasteiger partial charge in [-0.2, -0.15) is 13.2 Å². The lowest BCUT2D eigenvalue weighted by atomic mass is 9.91. The van der Waals surface area contributed by atoms with Crippen molar-refractivity contribution in [3.05, 3.63) is 94.4 Å². The van der Waals surface area contributed by atoms with Gasteiger partial charge in [-0.15, -0.1) is 0 Å². The summed E-state index contributed by atoms with van der Waals surface area (Å²) in [5.74, 6) is 0.260. The summed E-state index contributed by atoms with van der Waals surface area (Å²) >= 11 is 6.21. The average molecular weight is 518 g/mol. The highest BCUT2D eigenvalue weighted by Crippen LogP contribution is 2.34. The molecule has 0 spiro atoms. The number of alkyl halides is 3. The first-order chi connectivity index (χ1) is 17.2. The fourth-order valence-corrected chi connectivity index (χ4v) is 4.13. The predicted octanol–water partition coefficient (Wildman–Crippen LogP) is 5.86. The Morgan fingerprint density at radius 2 is 1.81 bits per heavy atom. The third-order valence-electron chi connectivity index (χ3n) is 5.76. The zero-order chi connectivity index (χ0) is 25.9. The number of imidazole rings is 1. The van der Waals surface area contributed by atoms with Gasteiger partial charge in [-0.25, -0.2) is 4.98 Å². The van der Waals surface area contributed by atoms with Gasteiger partial charge in [0.05, 0.1) is 30.5 Å². The largest absolute Gasteiger partial charge is 0.497 e. The van der Waals surface area contributed by atoms with Gasteiger partial charge in [-0.3, -0.25) is 4.79 Å². The Labute approximate surface area is 210 Å². The second-order valence-electron chi connectivity index (χ2n) is 8.14. The minimum absolute atomic E-state index is 0.00437. The molecule has 36 heavy (non-hydrogen) atoms. The number of methoxy groups -OCH3 is 2. The fraction of sp³-hybridized carbons (Fsp3) is 0.231. The first kappa shape index (κ1) is 25.4. The molecule has 0 aliphatic heterocycles. The van der Waals surface area contributed by atoms with E-state index < -0.39 is 17.7 Å². The number of nitrogens with one attached hydrogen (secondary N) is 1. The van der Waals surface area contributed by atoms with Crippen LogP contribution in [0, 0.1) is 0 Å². The Kier molecular flexibility index (Phi) is 7.40. The van der Waals surface area contributed by atoms with E-state index in [4.69, 9.17) is 21.1 Å². The quantitative estimate of drug-likeness (QED) is 0.318. The van der Waals surface area contributed by atoms with Crippen molar-refractivity contribution in [2.24, 2.45) is 0 Å². The number of fused-ring (bicyclic) bond motifs is 1. The molecule has 4 aromatic rings. The van der Waals surface area contributed by atoms with Gasteiger partial charge in [-0.05, 0) is 47.5 Å². The molecule has 6 nitrogen and oxygen atoms in total. The van der Waals surface area contributed by atoms with Gasteiger partial charge in [0.2, 0.25) is 5.91 Å². The molecule has 1 N–H and O–H groups in total. The van der Waals surface area contributed by atoms with Crippen LogP contribution in [0.15, 0.2) is 67.0 Å². The summed E-state index contributed by atoms with van der Waals surface area (Å²) in [6, 6.07) is 13.7. The maximum atomic E-state index is 13.0. The van der Waals surface area contributed by atoms with Gasteiger partial charge >= 0.3 is 6.18 Å². The van der Waals surface area contributed by atoms with Crippen LogP contribution in [0.1, 0.15) is 34.7 Å².